The van der Waals surface area contributed by atoms with Crippen LogP contribution in [0.15, 0.2) is 47.6 Å². The normalized spacial score (nSPS) is 14.3. The van der Waals surface area contributed by atoms with Crippen LogP contribution in [0.4, 0.5) is 20.2 Å². The summed E-state index contributed by atoms with van der Waals surface area (Å²) in [6, 6.07) is 6.79. The highest BCUT2D eigenvalue weighted by Crippen LogP contribution is 2.29. The minimum atomic E-state index is -3.52. The predicted octanol–water partition coefficient (Wildman–Crippen LogP) is 3.69. The minimum Gasteiger partial charge on any atom is -0.364 e. The van der Waals surface area contributed by atoms with Gasteiger partial charge < -0.3 is 14.8 Å². The van der Waals surface area contributed by atoms with E-state index in [1.807, 2.05) is 0 Å². The summed E-state index contributed by atoms with van der Waals surface area (Å²) >= 11 is 5.98. The molecule has 4 rings (SSSR count). The second kappa shape index (κ2) is 8.18. The molecule has 3 heterocycles. The standard InChI is InChI=1S/C21H19ClF2N4O3S/c1-27-9-12(21(29)26-15-4-13(22)5-17(6-15)32(2,30)31)3-19(27)20-18(24)7-16(8-25-20)28-10-14(23)11-28/h3-9,14H,10-11H2,1-2H3,(H,26,29). The average Bonchev–Trinajstić information content (AvgIpc) is 3.06. The Morgan fingerprint density at radius 3 is 2.56 bits per heavy atom. The highest BCUT2D eigenvalue weighted by Gasteiger charge is 2.27. The molecule has 0 aliphatic carbocycles. The Balaban J connectivity index is 1.58. The Morgan fingerprint density at radius 1 is 1.22 bits per heavy atom. The molecule has 0 radical (unpaired) electrons. The van der Waals surface area contributed by atoms with E-state index >= 15 is 0 Å². The van der Waals surface area contributed by atoms with E-state index in [2.05, 4.69) is 10.3 Å². The molecule has 0 saturated carbocycles. The number of amides is 1. The summed E-state index contributed by atoms with van der Waals surface area (Å²) in [5, 5.41) is 2.76. The SMILES string of the molecule is Cn1cc(C(=O)Nc2cc(Cl)cc(S(C)(=O)=O)c2)cc1-c1ncc(N2CC(F)C2)cc1F. The molecular weight excluding hydrogens is 462 g/mol. The molecule has 168 valence electrons. The zero-order valence-corrected chi connectivity index (χ0v) is 18.7. The Morgan fingerprint density at radius 2 is 1.94 bits per heavy atom. The number of nitrogens with one attached hydrogen (secondary N) is 1. The maximum Gasteiger partial charge on any atom is 0.257 e. The number of hydrogen-bond acceptors (Lipinski definition) is 5. The Bertz CT molecular complexity index is 1320. The number of alkyl halides is 1. The first-order valence-electron chi connectivity index (χ1n) is 9.54. The molecule has 0 spiro atoms. The number of rotatable bonds is 5. The van der Waals surface area contributed by atoms with Crippen LogP contribution in [0.5, 0.6) is 0 Å². The number of sulfone groups is 1. The van der Waals surface area contributed by atoms with E-state index in [0.717, 1.165) is 6.26 Å². The van der Waals surface area contributed by atoms with Gasteiger partial charge in [0, 0.05) is 36.3 Å². The van der Waals surface area contributed by atoms with E-state index in [4.69, 9.17) is 11.6 Å². The maximum atomic E-state index is 14.7. The van der Waals surface area contributed by atoms with Crippen molar-refractivity contribution in [3.05, 3.63) is 59.1 Å². The zero-order valence-electron chi connectivity index (χ0n) is 17.1. The lowest BCUT2D eigenvalue weighted by molar-refractivity contribution is 0.102. The fraction of sp³-hybridized carbons (Fsp3) is 0.238. The smallest absolute Gasteiger partial charge is 0.257 e. The fourth-order valence-corrected chi connectivity index (χ4v) is 4.38. The summed E-state index contributed by atoms with van der Waals surface area (Å²) in [6.45, 7) is 0.416. The van der Waals surface area contributed by atoms with Crippen LogP contribution in [0.3, 0.4) is 0 Å². The predicted molar refractivity (Wildman–Crippen MR) is 118 cm³/mol. The van der Waals surface area contributed by atoms with Gasteiger partial charge in [-0.25, -0.2) is 22.2 Å². The monoisotopic (exact) mass is 480 g/mol. The first kappa shape index (κ1) is 22.2. The van der Waals surface area contributed by atoms with E-state index < -0.39 is 27.7 Å². The third-order valence-corrected chi connectivity index (χ3v) is 6.41. The molecule has 1 amide bonds. The molecule has 32 heavy (non-hydrogen) atoms. The van der Waals surface area contributed by atoms with Gasteiger partial charge in [0.1, 0.15) is 11.9 Å². The second-order valence-electron chi connectivity index (χ2n) is 7.65. The molecule has 2 aromatic heterocycles. The summed E-state index contributed by atoms with van der Waals surface area (Å²) in [4.78, 5) is 18.5. The fourth-order valence-electron chi connectivity index (χ4n) is 3.40. The van der Waals surface area contributed by atoms with Crippen LogP contribution in [0.25, 0.3) is 11.4 Å². The molecule has 0 unspecified atom stereocenters. The molecule has 0 bridgehead atoms. The molecule has 1 aromatic carbocycles. The van der Waals surface area contributed by atoms with Gasteiger partial charge in [0.05, 0.1) is 41.1 Å². The summed E-state index contributed by atoms with van der Waals surface area (Å²) < 4.78 is 52.9. The molecular formula is C21H19ClF2N4O3S. The zero-order chi connectivity index (χ0) is 23.2. The summed E-state index contributed by atoms with van der Waals surface area (Å²) in [6.07, 6.45) is 3.10. The topological polar surface area (TPSA) is 84.3 Å². The van der Waals surface area contributed by atoms with Gasteiger partial charge in [-0.3, -0.25) is 4.79 Å². The van der Waals surface area contributed by atoms with Gasteiger partial charge in [-0.05, 0) is 24.3 Å². The highest BCUT2D eigenvalue weighted by atomic mass is 35.5. The molecule has 0 atom stereocenters. The van der Waals surface area contributed by atoms with Crippen molar-refractivity contribution in [3.8, 4) is 11.4 Å². The van der Waals surface area contributed by atoms with Crippen LogP contribution in [0.1, 0.15) is 10.4 Å². The van der Waals surface area contributed by atoms with Gasteiger partial charge in [0.25, 0.3) is 5.91 Å². The molecule has 1 aliphatic heterocycles. The number of aryl methyl sites for hydroxylation is 1. The van der Waals surface area contributed by atoms with Crippen molar-refractivity contribution in [1.29, 1.82) is 0 Å². The number of carbonyl (C=O) groups is 1. The largest absolute Gasteiger partial charge is 0.364 e. The van der Waals surface area contributed by atoms with Crippen LogP contribution in [0, 0.1) is 5.82 Å². The summed E-state index contributed by atoms with van der Waals surface area (Å²) in [7, 11) is -1.87. The van der Waals surface area contributed by atoms with Crippen LogP contribution in [-0.2, 0) is 16.9 Å². The van der Waals surface area contributed by atoms with Crippen molar-refractivity contribution >= 4 is 38.7 Å². The number of benzene rings is 1. The van der Waals surface area contributed by atoms with Crippen LogP contribution in [0.2, 0.25) is 5.02 Å². The molecule has 1 aliphatic rings. The van der Waals surface area contributed by atoms with E-state index in [0.29, 0.717) is 11.4 Å². The minimum absolute atomic E-state index is 0.0262. The lowest BCUT2D eigenvalue weighted by Crippen LogP contribution is -2.48. The van der Waals surface area contributed by atoms with Crippen LogP contribution in [-0.4, -0.2) is 49.4 Å². The third-order valence-electron chi connectivity index (χ3n) is 5.10. The van der Waals surface area contributed by atoms with Crippen molar-refractivity contribution in [3.63, 3.8) is 0 Å². The van der Waals surface area contributed by atoms with Crippen molar-refractivity contribution < 1.29 is 22.0 Å². The first-order chi connectivity index (χ1) is 15.0. The van der Waals surface area contributed by atoms with Gasteiger partial charge in [-0.15, -0.1) is 0 Å². The van der Waals surface area contributed by atoms with Crippen molar-refractivity contribution in [1.82, 2.24) is 9.55 Å². The molecule has 1 N–H and O–H groups in total. The Hall–Kier alpha value is -2.98. The van der Waals surface area contributed by atoms with E-state index in [1.54, 1.807) is 16.5 Å². The average molecular weight is 481 g/mol. The Labute approximate surface area is 188 Å². The number of carbonyl (C=O) groups excluding carboxylic acids is 1. The van der Waals surface area contributed by atoms with Crippen LogP contribution < -0.4 is 10.2 Å². The van der Waals surface area contributed by atoms with Crippen molar-refractivity contribution in [2.24, 2.45) is 7.05 Å². The molecule has 1 fully saturated rings. The van der Waals surface area contributed by atoms with Gasteiger partial charge in [-0.2, -0.15) is 0 Å². The molecule has 3 aromatic rings. The lowest BCUT2D eigenvalue weighted by Gasteiger charge is -2.36. The number of nitrogens with zero attached hydrogens (tertiary/aromatic N) is 3. The van der Waals surface area contributed by atoms with Crippen molar-refractivity contribution in [2.45, 2.75) is 11.1 Å². The van der Waals surface area contributed by atoms with Gasteiger partial charge in [0.15, 0.2) is 15.7 Å². The van der Waals surface area contributed by atoms with Crippen LogP contribution >= 0.6 is 11.6 Å². The molecule has 11 heteroatoms. The van der Waals surface area contributed by atoms with E-state index in [9.17, 15) is 22.0 Å². The highest BCUT2D eigenvalue weighted by molar-refractivity contribution is 7.90. The third kappa shape index (κ3) is 4.46. The van der Waals surface area contributed by atoms with Gasteiger partial charge >= 0.3 is 0 Å². The number of aromatic nitrogens is 2. The number of hydrogen-bond donors (Lipinski definition) is 1. The van der Waals surface area contributed by atoms with E-state index in [1.165, 1.54) is 42.7 Å². The van der Waals surface area contributed by atoms with Gasteiger partial charge in [0.2, 0.25) is 0 Å². The van der Waals surface area contributed by atoms with Gasteiger partial charge in [-0.1, -0.05) is 11.6 Å². The summed E-state index contributed by atoms with van der Waals surface area (Å²) in [5.41, 5.74) is 1.35. The van der Waals surface area contributed by atoms with Crippen molar-refractivity contribution in [2.75, 3.05) is 29.6 Å². The maximum absolute atomic E-state index is 14.7. The molecule has 7 nitrogen and oxygen atoms in total. The second-order valence-corrected chi connectivity index (χ2v) is 10.1. The Kier molecular flexibility index (Phi) is 5.68. The molecule has 1 saturated heterocycles. The number of pyridine rings is 1. The lowest BCUT2D eigenvalue weighted by atomic mass is 10.1. The first-order valence-corrected chi connectivity index (χ1v) is 11.8. The number of halogens is 3. The quantitative estimate of drug-likeness (QED) is 0.602. The number of anilines is 2. The van der Waals surface area contributed by atoms with E-state index in [-0.39, 0.29) is 40.0 Å². The summed E-state index contributed by atoms with van der Waals surface area (Å²) in [5.74, 6) is -1.12.